The molecule has 0 bridgehead atoms. The van der Waals surface area contributed by atoms with Gasteiger partial charge in [-0.05, 0) is 12.8 Å². The average Bonchev–Trinajstić information content (AvgIpc) is 2.97. The van der Waals surface area contributed by atoms with Crippen molar-refractivity contribution >= 4 is 0 Å². The van der Waals surface area contributed by atoms with Crippen molar-refractivity contribution in [2.24, 2.45) is 0 Å². The molecule has 0 radical (unpaired) electrons. The molecule has 0 aromatic carbocycles. The zero-order valence-electron chi connectivity index (χ0n) is 7.96. The molecule has 1 aromatic heterocycles. The molecule has 1 aromatic rings. The summed E-state index contributed by atoms with van der Waals surface area (Å²) in [4.78, 5) is 17.1. The van der Waals surface area contributed by atoms with Gasteiger partial charge < -0.3 is 10.3 Å². The molecule has 2 N–H and O–H groups in total. The van der Waals surface area contributed by atoms with E-state index in [0.717, 1.165) is 18.9 Å². The number of H-pyrrole nitrogens is 1. The molecule has 15 heavy (non-hydrogen) atoms. The van der Waals surface area contributed by atoms with Crippen molar-refractivity contribution in [2.75, 3.05) is 0 Å². The van der Waals surface area contributed by atoms with Crippen LogP contribution in [0.1, 0.15) is 30.8 Å². The summed E-state index contributed by atoms with van der Waals surface area (Å²) < 4.78 is 24.6. The summed E-state index contributed by atoms with van der Waals surface area (Å²) >= 11 is 0. The second-order valence-electron chi connectivity index (χ2n) is 3.57. The van der Waals surface area contributed by atoms with Gasteiger partial charge in [-0.15, -0.1) is 0 Å². The minimum atomic E-state index is -2.70. The highest BCUT2D eigenvalue weighted by Gasteiger charge is 2.20. The molecule has 0 amide bonds. The largest absolute Gasteiger partial charge is 0.309 e. The molecule has 1 heterocycles. The summed E-state index contributed by atoms with van der Waals surface area (Å²) in [6, 6.07) is 1.27. The standard InChI is InChI=1S/C9H11F2N3O/c10-9(11)6-3-8(15)14-7(13-6)4-12-5-1-2-5/h3,5,9,12H,1-2,4H2,(H,13,14,15). The highest BCUT2D eigenvalue weighted by molar-refractivity contribution is 5.04. The van der Waals surface area contributed by atoms with E-state index >= 15 is 0 Å². The second kappa shape index (κ2) is 4.06. The van der Waals surface area contributed by atoms with Gasteiger partial charge in [0, 0.05) is 12.1 Å². The lowest BCUT2D eigenvalue weighted by Gasteiger charge is -2.04. The molecule has 1 aliphatic rings. The van der Waals surface area contributed by atoms with Crippen LogP contribution in [-0.2, 0) is 6.54 Å². The van der Waals surface area contributed by atoms with E-state index in [1.165, 1.54) is 0 Å². The number of halogens is 2. The average molecular weight is 215 g/mol. The Labute approximate surface area is 84.7 Å². The van der Waals surface area contributed by atoms with E-state index in [9.17, 15) is 13.6 Å². The maximum Gasteiger partial charge on any atom is 0.280 e. The maximum absolute atomic E-state index is 12.3. The first-order valence-corrected chi connectivity index (χ1v) is 4.77. The van der Waals surface area contributed by atoms with E-state index in [1.54, 1.807) is 0 Å². The molecule has 0 spiro atoms. The van der Waals surface area contributed by atoms with Crippen LogP contribution < -0.4 is 10.9 Å². The Morgan fingerprint density at radius 3 is 2.93 bits per heavy atom. The van der Waals surface area contributed by atoms with E-state index in [4.69, 9.17) is 0 Å². The van der Waals surface area contributed by atoms with Gasteiger partial charge in [0.1, 0.15) is 11.5 Å². The number of aromatic nitrogens is 2. The first-order valence-electron chi connectivity index (χ1n) is 4.77. The molecule has 2 rings (SSSR count). The van der Waals surface area contributed by atoms with Crippen LogP contribution in [0.2, 0.25) is 0 Å². The van der Waals surface area contributed by atoms with Crippen LogP contribution in [0.3, 0.4) is 0 Å². The molecule has 0 atom stereocenters. The molecule has 0 saturated heterocycles. The van der Waals surface area contributed by atoms with Gasteiger partial charge >= 0.3 is 0 Å². The Morgan fingerprint density at radius 2 is 2.33 bits per heavy atom. The molecule has 1 fully saturated rings. The predicted molar refractivity (Wildman–Crippen MR) is 49.7 cm³/mol. The Hall–Kier alpha value is -1.30. The van der Waals surface area contributed by atoms with Gasteiger partial charge in [0.2, 0.25) is 0 Å². The Morgan fingerprint density at radius 1 is 1.60 bits per heavy atom. The number of nitrogens with zero attached hydrogens (tertiary/aromatic N) is 1. The summed E-state index contributed by atoms with van der Waals surface area (Å²) in [6.07, 6.45) is -0.510. The van der Waals surface area contributed by atoms with Crippen molar-refractivity contribution in [1.82, 2.24) is 15.3 Å². The number of rotatable bonds is 4. The molecular formula is C9H11F2N3O. The van der Waals surface area contributed by atoms with Crippen molar-refractivity contribution in [1.29, 1.82) is 0 Å². The lowest BCUT2D eigenvalue weighted by molar-refractivity contribution is 0.145. The zero-order chi connectivity index (χ0) is 10.8. The minimum absolute atomic E-state index is 0.268. The van der Waals surface area contributed by atoms with Crippen LogP contribution >= 0.6 is 0 Å². The number of nitrogens with one attached hydrogen (secondary N) is 2. The number of hydrogen-bond donors (Lipinski definition) is 2. The van der Waals surface area contributed by atoms with Crippen molar-refractivity contribution in [2.45, 2.75) is 31.9 Å². The van der Waals surface area contributed by atoms with Crippen molar-refractivity contribution in [3.8, 4) is 0 Å². The van der Waals surface area contributed by atoms with Crippen molar-refractivity contribution in [3.63, 3.8) is 0 Å². The van der Waals surface area contributed by atoms with Gasteiger partial charge in [-0.1, -0.05) is 0 Å². The lowest BCUT2D eigenvalue weighted by Crippen LogP contribution is -2.21. The fourth-order valence-electron chi connectivity index (χ4n) is 1.25. The molecule has 1 saturated carbocycles. The van der Waals surface area contributed by atoms with Crippen LogP contribution in [0.25, 0.3) is 0 Å². The third-order valence-electron chi connectivity index (χ3n) is 2.17. The summed E-state index contributed by atoms with van der Waals surface area (Å²) in [5.74, 6) is 0.268. The van der Waals surface area contributed by atoms with Crippen LogP contribution in [0, 0.1) is 0 Å². The molecule has 0 unspecified atom stereocenters. The van der Waals surface area contributed by atoms with Gasteiger partial charge in [0.15, 0.2) is 0 Å². The summed E-state index contributed by atoms with van der Waals surface area (Å²) in [7, 11) is 0. The topological polar surface area (TPSA) is 57.8 Å². The van der Waals surface area contributed by atoms with E-state index in [0.29, 0.717) is 12.6 Å². The Balaban J connectivity index is 2.11. The van der Waals surface area contributed by atoms with Crippen LogP contribution in [-0.4, -0.2) is 16.0 Å². The second-order valence-corrected chi connectivity index (χ2v) is 3.57. The van der Waals surface area contributed by atoms with E-state index in [-0.39, 0.29) is 5.82 Å². The zero-order valence-corrected chi connectivity index (χ0v) is 7.96. The minimum Gasteiger partial charge on any atom is -0.309 e. The van der Waals surface area contributed by atoms with E-state index in [2.05, 4.69) is 15.3 Å². The number of alkyl halides is 2. The van der Waals surface area contributed by atoms with Crippen molar-refractivity contribution < 1.29 is 8.78 Å². The summed E-state index contributed by atoms with van der Waals surface area (Å²) in [5, 5.41) is 3.09. The fraction of sp³-hybridized carbons (Fsp3) is 0.556. The molecule has 4 nitrogen and oxygen atoms in total. The normalized spacial score (nSPS) is 15.9. The van der Waals surface area contributed by atoms with Crippen LogP contribution in [0.15, 0.2) is 10.9 Å². The van der Waals surface area contributed by atoms with Gasteiger partial charge in [-0.2, -0.15) is 0 Å². The molecule has 0 aliphatic heterocycles. The molecule has 82 valence electrons. The lowest BCUT2D eigenvalue weighted by atomic mass is 10.4. The van der Waals surface area contributed by atoms with Gasteiger partial charge in [0.25, 0.3) is 12.0 Å². The molecule has 1 aliphatic carbocycles. The molecule has 6 heteroatoms. The number of hydrogen-bond acceptors (Lipinski definition) is 3. The first-order chi connectivity index (χ1) is 7.15. The Bertz CT molecular complexity index is 401. The predicted octanol–water partition coefficient (Wildman–Crippen LogP) is 0.960. The van der Waals surface area contributed by atoms with Gasteiger partial charge in [0.05, 0.1) is 6.54 Å². The van der Waals surface area contributed by atoms with Gasteiger partial charge in [-0.25, -0.2) is 13.8 Å². The smallest absolute Gasteiger partial charge is 0.280 e. The summed E-state index contributed by atoms with van der Waals surface area (Å²) in [5.41, 5.74) is -1.00. The highest BCUT2D eigenvalue weighted by atomic mass is 19.3. The van der Waals surface area contributed by atoms with Gasteiger partial charge in [-0.3, -0.25) is 4.79 Å². The first kappa shape index (κ1) is 10.2. The van der Waals surface area contributed by atoms with Crippen LogP contribution in [0.5, 0.6) is 0 Å². The molecular weight excluding hydrogens is 204 g/mol. The number of aromatic amines is 1. The van der Waals surface area contributed by atoms with Crippen LogP contribution in [0.4, 0.5) is 8.78 Å². The third kappa shape index (κ3) is 2.82. The van der Waals surface area contributed by atoms with Crippen molar-refractivity contribution in [3.05, 3.63) is 27.9 Å². The third-order valence-corrected chi connectivity index (χ3v) is 2.17. The monoisotopic (exact) mass is 215 g/mol. The SMILES string of the molecule is O=c1cc(C(F)F)nc(CNC2CC2)[nH]1. The van der Waals surface area contributed by atoms with E-state index < -0.39 is 17.7 Å². The Kier molecular flexibility index (Phi) is 2.77. The summed E-state index contributed by atoms with van der Waals surface area (Å²) in [6.45, 7) is 0.334. The highest BCUT2D eigenvalue weighted by Crippen LogP contribution is 2.19. The van der Waals surface area contributed by atoms with E-state index in [1.807, 2.05) is 0 Å². The fourth-order valence-corrected chi connectivity index (χ4v) is 1.25. The quantitative estimate of drug-likeness (QED) is 0.786. The maximum atomic E-state index is 12.3.